The average molecular weight is 277 g/mol. The Hall–Kier alpha value is -2.18. The fraction of sp³-hybridized carbons (Fsp3) is 0.538. The molecule has 7 heteroatoms. The SMILES string of the molecule is CCNc1ncnc(NC2CCC(=O)NC2=O)c1CC. The van der Waals surface area contributed by atoms with E-state index in [1.165, 1.54) is 6.33 Å². The zero-order valence-electron chi connectivity index (χ0n) is 11.7. The van der Waals surface area contributed by atoms with Crippen LogP contribution in [-0.2, 0) is 16.0 Å². The molecule has 1 unspecified atom stereocenters. The second-order valence-corrected chi connectivity index (χ2v) is 4.58. The van der Waals surface area contributed by atoms with Crippen LogP contribution in [-0.4, -0.2) is 34.4 Å². The number of nitrogens with one attached hydrogen (secondary N) is 3. The normalized spacial score (nSPS) is 18.6. The highest BCUT2D eigenvalue weighted by molar-refractivity contribution is 6.01. The molecule has 1 aliphatic rings. The third-order valence-corrected chi connectivity index (χ3v) is 3.19. The molecular weight excluding hydrogens is 258 g/mol. The van der Waals surface area contributed by atoms with E-state index in [9.17, 15) is 9.59 Å². The lowest BCUT2D eigenvalue weighted by atomic mass is 10.1. The first-order valence-electron chi connectivity index (χ1n) is 6.83. The number of anilines is 2. The number of rotatable bonds is 5. The van der Waals surface area contributed by atoms with Gasteiger partial charge in [-0.05, 0) is 19.8 Å². The number of aromatic nitrogens is 2. The van der Waals surface area contributed by atoms with Crippen LogP contribution in [0.2, 0.25) is 0 Å². The molecule has 1 atom stereocenters. The molecule has 0 spiro atoms. The highest BCUT2D eigenvalue weighted by atomic mass is 16.2. The molecule has 7 nitrogen and oxygen atoms in total. The number of carbonyl (C=O) groups excluding carboxylic acids is 2. The van der Waals surface area contributed by atoms with Crippen LogP contribution in [0.1, 0.15) is 32.3 Å². The number of hydrogen-bond donors (Lipinski definition) is 3. The van der Waals surface area contributed by atoms with Crippen molar-refractivity contribution in [2.75, 3.05) is 17.2 Å². The van der Waals surface area contributed by atoms with E-state index in [-0.39, 0.29) is 11.8 Å². The first kappa shape index (κ1) is 14.2. The Labute approximate surface area is 117 Å². The van der Waals surface area contributed by atoms with Crippen LogP contribution in [0.15, 0.2) is 6.33 Å². The monoisotopic (exact) mass is 277 g/mol. The summed E-state index contributed by atoms with van der Waals surface area (Å²) in [5, 5.41) is 8.62. The van der Waals surface area contributed by atoms with Crippen molar-refractivity contribution in [2.24, 2.45) is 0 Å². The topological polar surface area (TPSA) is 96.0 Å². The number of hydrogen-bond acceptors (Lipinski definition) is 6. The summed E-state index contributed by atoms with van der Waals surface area (Å²) in [6.45, 7) is 4.77. The van der Waals surface area contributed by atoms with Crippen molar-refractivity contribution < 1.29 is 9.59 Å². The van der Waals surface area contributed by atoms with Gasteiger partial charge in [0, 0.05) is 18.5 Å². The maximum atomic E-state index is 11.8. The predicted molar refractivity (Wildman–Crippen MR) is 75.4 cm³/mol. The van der Waals surface area contributed by atoms with Gasteiger partial charge in [0.25, 0.3) is 0 Å². The predicted octanol–water partition coefficient (Wildman–Crippen LogP) is 0.688. The van der Waals surface area contributed by atoms with Gasteiger partial charge in [0.05, 0.1) is 0 Å². The van der Waals surface area contributed by atoms with Gasteiger partial charge in [0.15, 0.2) is 0 Å². The second-order valence-electron chi connectivity index (χ2n) is 4.58. The standard InChI is InChI=1S/C13H19N5O2/c1-3-8-11(14-4-2)15-7-16-12(8)17-9-5-6-10(19)18-13(9)20/h7,9H,3-6H2,1-2H3,(H,18,19,20)(H2,14,15,16,17). The van der Waals surface area contributed by atoms with Crippen molar-refractivity contribution in [3.05, 3.63) is 11.9 Å². The van der Waals surface area contributed by atoms with E-state index in [1.54, 1.807) is 0 Å². The summed E-state index contributed by atoms with van der Waals surface area (Å²) < 4.78 is 0. The molecular formula is C13H19N5O2. The minimum atomic E-state index is -0.428. The summed E-state index contributed by atoms with van der Waals surface area (Å²) in [4.78, 5) is 31.3. The van der Waals surface area contributed by atoms with Crippen LogP contribution in [0.5, 0.6) is 0 Å². The van der Waals surface area contributed by atoms with Crippen LogP contribution in [0.3, 0.4) is 0 Å². The van der Waals surface area contributed by atoms with Crippen molar-refractivity contribution >= 4 is 23.5 Å². The number of piperidine rings is 1. The van der Waals surface area contributed by atoms with E-state index in [4.69, 9.17) is 0 Å². The van der Waals surface area contributed by atoms with Gasteiger partial charge >= 0.3 is 0 Å². The average Bonchev–Trinajstić information content (AvgIpc) is 2.42. The van der Waals surface area contributed by atoms with E-state index in [2.05, 4.69) is 25.9 Å². The third-order valence-electron chi connectivity index (χ3n) is 3.19. The Morgan fingerprint density at radius 1 is 1.30 bits per heavy atom. The minimum Gasteiger partial charge on any atom is -0.370 e. The summed E-state index contributed by atoms with van der Waals surface area (Å²) in [6.07, 6.45) is 3.04. The van der Waals surface area contributed by atoms with Crippen LogP contribution in [0.25, 0.3) is 0 Å². The smallest absolute Gasteiger partial charge is 0.249 e. The van der Waals surface area contributed by atoms with Crippen LogP contribution in [0.4, 0.5) is 11.6 Å². The van der Waals surface area contributed by atoms with Gasteiger partial charge in [-0.3, -0.25) is 14.9 Å². The highest BCUT2D eigenvalue weighted by Gasteiger charge is 2.27. The Balaban J connectivity index is 2.18. The summed E-state index contributed by atoms with van der Waals surface area (Å²) in [7, 11) is 0. The largest absolute Gasteiger partial charge is 0.370 e. The second kappa shape index (κ2) is 6.31. The fourth-order valence-corrected chi connectivity index (χ4v) is 2.19. The first-order chi connectivity index (χ1) is 9.65. The molecule has 2 amide bonds. The van der Waals surface area contributed by atoms with E-state index < -0.39 is 6.04 Å². The summed E-state index contributed by atoms with van der Waals surface area (Å²) in [5.41, 5.74) is 0.944. The van der Waals surface area contributed by atoms with E-state index in [0.29, 0.717) is 18.7 Å². The summed E-state index contributed by atoms with van der Waals surface area (Å²) >= 11 is 0. The molecule has 0 aromatic carbocycles. The van der Waals surface area contributed by atoms with Gasteiger partial charge in [0.1, 0.15) is 24.0 Å². The molecule has 1 aliphatic heterocycles. The van der Waals surface area contributed by atoms with Crippen molar-refractivity contribution in [1.82, 2.24) is 15.3 Å². The van der Waals surface area contributed by atoms with Crippen LogP contribution >= 0.6 is 0 Å². The van der Waals surface area contributed by atoms with Crippen molar-refractivity contribution in [2.45, 2.75) is 39.2 Å². The van der Waals surface area contributed by atoms with Crippen molar-refractivity contribution in [3.63, 3.8) is 0 Å². The zero-order chi connectivity index (χ0) is 14.5. The molecule has 0 saturated carbocycles. The molecule has 1 aromatic heterocycles. The van der Waals surface area contributed by atoms with Gasteiger partial charge in [-0.1, -0.05) is 6.92 Å². The molecule has 1 fully saturated rings. The lowest BCUT2D eigenvalue weighted by Crippen LogP contribution is -2.47. The molecule has 2 heterocycles. The Kier molecular flexibility index (Phi) is 4.49. The summed E-state index contributed by atoms with van der Waals surface area (Å²) in [6, 6.07) is -0.428. The molecule has 3 N–H and O–H groups in total. The van der Waals surface area contributed by atoms with Gasteiger partial charge in [-0.2, -0.15) is 0 Å². The maximum absolute atomic E-state index is 11.8. The highest BCUT2D eigenvalue weighted by Crippen LogP contribution is 2.22. The van der Waals surface area contributed by atoms with E-state index in [0.717, 1.165) is 24.3 Å². The molecule has 0 radical (unpaired) electrons. The summed E-state index contributed by atoms with van der Waals surface area (Å²) in [5.74, 6) is 0.902. The fourth-order valence-electron chi connectivity index (χ4n) is 2.19. The number of amides is 2. The first-order valence-corrected chi connectivity index (χ1v) is 6.83. The van der Waals surface area contributed by atoms with Crippen LogP contribution < -0.4 is 16.0 Å². The quantitative estimate of drug-likeness (QED) is 0.685. The molecule has 1 saturated heterocycles. The van der Waals surface area contributed by atoms with Gasteiger partial charge in [-0.25, -0.2) is 9.97 Å². The lowest BCUT2D eigenvalue weighted by molar-refractivity contribution is -0.133. The number of nitrogens with zero attached hydrogens (tertiary/aromatic N) is 2. The lowest BCUT2D eigenvalue weighted by Gasteiger charge is -2.23. The van der Waals surface area contributed by atoms with Gasteiger partial charge in [0.2, 0.25) is 11.8 Å². The Morgan fingerprint density at radius 2 is 2.05 bits per heavy atom. The third kappa shape index (κ3) is 3.04. The maximum Gasteiger partial charge on any atom is 0.249 e. The molecule has 1 aromatic rings. The van der Waals surface area contributed by atoms with Gasteiger partial charge < -0.3 is 10.6 Å². The molecule has 0 bridgehead atoms. The molecule has 2 rings (SSSR count). The molecule has 20 heavy (non-hydrogen) atoms. The Morgan fingerprint density at radius 3 is 2.70 bits per heavy atom. The molecule has 0 aliphatic carbocycles. The Bertz CT molecular complexity index is 517. The van der Waals surface area contributed by atoms with E-state index >= 15 is 0 Å². The van der Waals surface area contributed by atoms with Crippen LogP contribution in [0, 0.1) is 0 Å². The number of imide groups is 1. The van der Waals surface area contributed by atoms with Crippen molar-refractivity contribution in [3.8, 4) is 0 Å². The van der Waals surface area contributed by atoms with E-state index in [1.807, 2.05) is 13.8 Å². The van der Waals surface area contributed by atoms with Crippen molar-refractivity contribution in [1.29, 1.82) is 0 Å². The number of carbonyl (C=O) groups is 2. The minimum absolute atomic E-state index is 0.222. The van der Waals surface area contributed by atoms with Gasteiger partial charge in [-0.15, -0.1) is 0 Å². The zero-order valence-corrected chi connectivity index (χ0v) is 11.7. The molecule has 108 valence electrons.